The average Bonchev–Trinajstić information content (AvgIpc) is 2.79. The van der Waals surface area contributed by atoms with Gasteiger partial charge in [0.1, 0.15) is 19.3 Å². The second-order valence-corrected chi connectivity index (χ2v) is 7.61. The summed E-state index contributed by atoms with van der Waals surface area (Å²) in [5.41, 5.74) is 0.303. The number of rotatable bonds is 8. The number of aliphatic hydroxyl groups excluding tert-OH is 1. The molecular weight excluding hydrogens is 408 g/mol. The first-order valence-electron chi connectivity index (χ1n) is 10.0. The number of carbonyl (C=O) groups excluding carboxylic acids is 4. The van der Waals surface area contributed by atoms with Gasteiger partial charge in [0.2, 0.25) is 0 Å². The van der Waals surface area contributed by atoms with Gasteiger partial charge in [-0.05, 0) is 43.4 Å². The Kier molecular flexibility index (Phi) is 8.99. The minimum absolute atomic E-state index is 0.115. The van der Waals surface area contributed by atoms with Crippen molar-refractivity contribution < 1.29 is 43.2 Å². The largest absolute Gasteiger partial charge is 0.469 e. The highest BCUT2D eigenvalue weighted by Gasteiger charge is 2.40. The third kappa shape index (κ3) is 6.78. The number of ether oxygens (including phenoxy) is 4. The van der Waals surface area contributed by atoms with Crippen LogP contribution in [0.4, 0.5) is 0 Å². The normalized spacial score (nSPS) is 21.5. The van der Waals surface area contributed by atoms with Crippen LogP contribution in [-0.4, -0.2) is 62.5 Å². The van der Waals surface area contributed by atoms with E-state index in [1.807, 2.05) is 6.92 Å². The highest BCUT2D eigenvalue weighted by atomic mass is 16.6. The van der Waals surface area contributed by atoms with Crippen LogP contribution in [0.1, 0.15) is 46.9 Å². The quantitative estimate of drug-likeness (QED) is 0.479. The summed E-state index contributed by atoms with van der Waals surface area (Å²) in [4.78, 5) is 48.1. The van der Waals surface area contributed by atoms with Crippen LogP contribution in [0.3, 0.4) is 0 Å². The van der Waals surface area contributed by atoms with E-state index in [1.165, 1.54) is 38.5 Å². The molecule has 0 spiro atoms. The lowest BCUT2D eigenvalue weighted by atomic mass is 9.74. The summed E-state index contributed by atoms with van der Waals surface area (Å²) < 4.78 is 19.6. The number of hydrogen-bond donors (Lipinski definition) is 1. The molecule has 0 bridgehead atoms. The zero-order valence-corrected chi connectivity index (χ0v) is 17.9. The van der Waals surface area contributed by atoms with Gasteiger partial charge in [-0.1, -0.05) is 13.0 Å². The third-order valence-electron chi connectivity index (χ3n) is 5.26. The van der Waals surface area contributed by atoms with Crippen LogP contribution in [0.2, 0.25) is 0 Å². The van der Waals surface area contributed by atoms with Gasteiger partial charge in [-0.25, -0.2) is 9.59 Å². The van der Waals surface area contributed by atoms with Crippen LogP contribution >= 0.6 is 0 Å². The predicted octanol–water partition coefficient (Wildman–Crippen LogP) is 1.76. The molecule has 1 N–H and O–H groups in total. The van der Waals surface area contributed by atoms with Crippen LogP contribution in [0, 0.1) is 17.8 Å². The van der Waals surface area contributed by atoms with Gasteiger partial charge in [0.05, 0.1) is 37.2 Å². The fourth-order valence-electron chi connectivity index (χ4n) is 3.55. The number of benzene rings is 1. The first-order valence-corrected chi connectivity index (χ1v) is 10.0. The second kappa shape index (κ2) is 11.5. The average molecular weight is 436 g/mol. The van der Waals surface area contributed by atoms with E-state index in [1.54, 1.807) is 0 Å². The molecule has 1 aliphatic carbocycles. The van der Waals surface area contributed by atoms with Gasteiger partial charge in [0.15, 0.2) is 0 Å². The van der Waals surface area contributed by atoms with E-state index in [2.05, 4.69) is 4.74 Å². The molecule has 0 heterocycles. The monoisotopic (exact) mass is 436 g/mol. The second-order valence-electron chi connectivity index (χ2n) is 7.61. The van der Waals surface area contributed by atoms with Crippen molar-refractivity contribution >= 4 is 23.9 Å². The highest BCUT2D eigenvalue weighted by Crippen LogP contribution is 2.35. The van der Waals surface area contributed by atoms with E-state index in [9.17, 15) is 24.3 Å². The van der Waals surface area contributed by atoms with Crippen LogP contribution in [0.5, 0.6) is 0 Å². The van der Waals surface area contributed by atoms with Gasteiger partial charge < -0.3 is 24.1 Å². The Morgan fingerprint density at radius 3 is 2.23 bits per heavy atom. The molecule has 1 aromatic carbocycles. The zero-order valence-electron chi connectivity index (χ0n) is 17.9. The summed E-state index contributed by atoms with van der Waals surface area (Å²) in [6.07, 6.45) is 0.618. The van der Waals surface area contributed by atoms with E-state index >= 15 is 0 Å². The molecule has 0 radical (unpaired) electrons. The fraction of sp³-hybridized carbons (Fsp3) is 0.545. The van der Waals surface area contributed by atoms with E-state index in [0.29, 0.717) is 12.8 Å². The Morgan fingerprint density at radius 2 is 1.58 bits per heavy atom. The molecule has 9 heteroatoms. The molecule has 170 valence electrons. The van der Waals surface area contributed by atoms with Crippen LogP contribution < -0.4 is 0 Å². The van der Waals surface area contributed by atoms with Crippen molar-refractivity contribution in [1.29, 1.82) is 0 Å². The van der Waals surface area contributed by atoms with Crippen molar-refractivity contribution in [2.45, 2.75) is 32.3 Å². The molecule has 1 fully saturated rings. The minimum Gasteiger partial charge on any atom is -0.469 e. The van der Waals surface area contributed by atoms with Crippen molar-refractivity contribution in [3.63, 3.8) is 0 Å². The van der Waals surface area contributed by atoms with Gasteiger partial charge >= 0.3 is 23.9 Å². The smallest absolute Gasteiger partial charge is 0.338 e. The van der Waals surface area contributed by atoms with E-state index in [0.717, 1.165) is 6.42 Å². The van der Waals surface area contributed by atoms with Gasteiger partial charge in [-0.2, -0.15) is 0 Å². The molecule has 0 aromatic heterocycles. The van der Waals surface area contributed by atoms with Crippen molar-refractivity contribution in [3.05, 3.63) is 35.4 Å². The van der Waals surface area contributed by atoms with E-state index in [4.69, 9.17) is 14.2 Å². The zero-order chi connectivity index (χ0) is 23.0. The summed E-state index contributed by atoms with van der Waals surface area (Å²) in [7, 11) is 2.51. The minimum atomic E-state index is -1.24. The Labute approximate surface area is 180 Å². The van der Waals surface area contributed by atoms with Crippen molar-refractivity contribution in [2.24, 2.45) is 17.8 Å². The van der Waals surface area contributed by atoms with Gasteiger partial charge in [-0.15, -0.1) is 0 Å². The summed E-state index contributed by atoms with van der Waals surface area (Å²) in [6, 6.07) is 5.77. The lowest BCUT2D eigenvalue weighted by Crippen LogP contribution is -2.38. The van der Waals surface area contributed by atoms with Crippen molar-refractivity contribution in [2.75, 3.05) is 27.4 Å². The predicted molar refractivity (Wildman–Crippen MR) is 107 cm³/mol. The highest BCUT2D eigenvalue weighted by molar-refractivity contribution is 5.95. The Morgan fingerprint density at radius 1 is 0.935 bits per heavy atom. The molecule has 2 rings (SSSR count). The molecule has 4 atom stereocenters. The van der Waals surface area contributed by atoms with E-state index in [-0.39, 0.29) is 23.7 Å². The summed E-state index contributed by atoms with van der Waals surface area (Å²) >= 11 is 0. The van der Waals surface area contributed by atoms with Crippen molar-refractivity contribution in [1.82, 2.24) is 0 Å². The number of methoxy groups -OCH3 is 2. The molecule has 9 nitrogen and oxygen atoms in total. The first kappa shape index (κ1) is 24.3. The summed E-state index contributed by atoms with van der Waals surface area (Å²) in [6.45, 7) is 1.21. The van der Waals surface area contributed by atoms with Crippen molar-refractivity contribution in [3.8, 4) is 0 Å². The lowest BCUT2D eigenvalue weighted by molar-refractivity contribution is -0.164. The number of carbonyl (C=O) groups is 4. The molecule has 0 amide bonds. The number of hydrogen-bond acceptors (Lipinski definition) is 9. The molecule has 1 saturated carbocycles. The maximum Gasteiger partial charge on any atom is 0.338 e. The van der Waals surface area contributed by atoms with Gasteiger partial charge in [0, 0.05) is 0 Å². The Bertz CT molecular complexity index is 804. The fourth-order valence-corrected chi connectivity index (χ4v) is 3.55. The Balaban J connectivity index is 1.85. The van der Waals surface area contributed by atoms with E-state index < -0.39 is 48.4 Å². The molecule has 1 aromatic rings. The maximum atomic E-state index is 12.5. The Hall–Kier alpha value is -2.94. The maximum absolute atomic E-state index is 12.5. The van der Waals surface area contributed by atoms with Crippen LogP contribution in [0.25, 0.3) is 0 Å². The molecule has 4 unspecified atom stereocenters. The number of esters is 4. The summed E-state index contributed by atoms with van der Waals surface area (Å²) in [5.74, 6) is -3.30. The van der Waals surface area contributed by atoms with Crippen LogP contribution in [-0.2, 0) is 28.5 Å². The molecule has 0 aliphatic heterocycles. The molecular formula is C22H28O9. The van der Waals surface area contributed by atoms with Gasteiger partial charge in [-0.3, -0.25) is 9.59 Å². The third-order valence-corrected chi connectivity index (χ3v) is 5.26. The molecule has 0 saturated heterocycles. The standard InChI is InChI=1S/C22H28O9/c1-13-7-8-17(21(26)29-3)18(9-13)22(27)31-12-16(23)11-30-20(25)15-6-4-5-14(10-15)19(24)28-2/h4-6,10,13,16-18,23H,7-9,11-12H2,1-3H3. The SMILES string of the molecule is COC(=O)c1cccc(C(=O)OCC(O)COC(=O)C2CC(C)CCC2C(=O)OC)c1. The van der Waals surface area contributed by atoms with Crippen LogP contribution in [0.15, 0.2) is 24.3 Å². The molecule has 1 aliphatic rings. The topological polar surface area (TPSA) is 125 Å². The summed E-state index contributed by atoms with van der Waals surface area (Å²) in [5, 5.41) is 10.0. The molecule has 31 heavy (non-hydrogen) atoms. The lowest BCUT2D eigenvalue weighted by Gasteiger charge is -2.31. The number of aliphatic hydroxyl groups is 1. The van der Waals surface area contributed by atoms with Gasteiger partial charge in [0.25, 0.3) is 0 Å². The first-order chi connectivity index (χ1) is 14.8.